The zero-order valence-corrected chi connectivity index (χ0v) is 48.6. The maximum Gasteiger partial charge on any atom is 0.338 e. The molecule has 17 nitrogen and oxygen atoms in total. The van der Waals surface area contributed by atoms with Gasteiger partial charge < -0.3 is 49.4 Å². The van der Waals surface area contributed by atoms with E-state index in [-0.39, 0.29) is 35.3 Å². The molecule has 3 aromatic rings. The summed E-state index contributed by atoms with van der Waals surface area (Å²) in [7, 11) is 0. The summed E-state index contributed by atoms with van der Waals surface area (Å²) in [5.74, 6) is -7.51. The molecule has 0 radical (unpaired) electrons. The molecular formula is C65H85NO16. The van der Waals surface area contributed by atoms with Crippen molar-refractivity contribution in [1.29, 1.82) is 0 Å². The summed E-state index contributed by atoms with van der Waals surface area (Å²) in [5.41, 5.74) is -7.02. The van der Waals surface area contributed by atoms with Crippen molar-refractivity contribution in [3.8, 4) is 0 Å². The molecule has 0 aromatic heterocycles. The van der Waals surface area contributed by atoms with Gasteiger partial charge in [0.15, 0.2) is 23.6 Å². The number of allylic oxidation sites excluding steroid dienone is 2. The van der Waals surface area contributed by atoms with Crippen LogP contribution < -0.4 is 5.32 Å². The number of hydrogen-bond donors (Lipinski definition) is 5. The molecule has 17 heteroatoms. The molecule has 446 valence electrons. The number of aliphatic hydroxyl groups excluding tert-OH is 2. The van der Waals surface area contributed by atoms with Gasteiger partial charge in [0, 0.05) is 44.1 Å². The quantitative estimate of drug-likeness (QED) is 0.0229. The van der Waals surface area contributed by atoms with E-state index in [0.29, 0.717) is 12.0 Å². The molecule has 3 aromatic carbocycles. The van der Waals surface area contributed by atoms with Gasteiger partial charge in [-0.15, -0.1) is 0 Å². The Morgan fingerprint density at radius 2 is 1.29 bits per heavy atom. The Balaban J connectivity index is 0.000000461. The molecule has 7 rings (SSSR count). The maximum atomic E-state index is 15.5. The number of fused-ring (bicyclic) bond motifs is 5. The smallest absolute Gasteiger partial charge is 0.338 e. The van der Waals surface area contributed by atoms with Gasteiger partial charge in [-0.3, -0.25) is 24.0 Å². The number of ether oxygens (including phenoxy) is 5. The lowest BCUT2D eigenvalue weighted by Crippen LogP contribution is -2.82. The highest BCUT2D eigenvalue weighted by atomic mass is 16.6. The highest BCUT2D eigenvalue weighted by molar-refractivity contribution is 5.96. The van der Waals surface area contributed by atoms with Crippen LogP contribution in [0.5, 0.6) is 0 Å². The highest BCUT2D eigenvalue weighted by Gasteiger charge is 2.78. The zero-order valence-electron chi connectivity index (χ0n) is 48.6. The summed E-state index contributed by atoms with van der Waals surface area (Å²) in [6, 6.07) is 22.9. The number of aliphatic hydroxyl groups is 3. The van der Waals surface area contributed by atoms with Crippen molar-refractivity contribution in [2.75, 3.05) is 6.61 Å². The summed E-state index contributed by atoms with van der Waals surface area (Å²) >= 11 is 0. The lowest BCUT2D eigenvalue weighted by molar-refractivity contribution is -0.346. The Bertz CT molecular complexity index is 2730. The minimum atomic E-state index is -2.39. The third kappa shape index (κ3) is 14.8. The summed E-state index contributed by atoms with van der Waals surface area (Å²) in [6.45, 7) is 10.2. The van der Waals surface area contributed by atoms with Gasteiger partial charge in [-0.1, -0.05) is 151 Å². The fourth-order valence-corrected chi connectivity index (χ4v) is 12.5. The number of esters is 4. The summed E-state index contributed by atoms with van der Waals surface area (Å²) in [4.78, 5) is 93.8. The van der Waals surface area contributed by atoms with E-state index in [9.17, 15) is 44.1 Å². The molecule has 1 heterocycles. The average Bonchev–Trinajstić information content (AvgIpc) is 1.73. The Hall–Kier alpha value is -6.53. The molecule has 4 aliphatic rings. The fraction of sp³-hybridized carbons (Fsp3) is 0.554. The van der Waals surface area contributed by atoms with E-state index in [1.54, 1.807) is 92.7 Å². The molecule has 1 saturated heterocycles. The van der Waals surface area contributed by atoms with Crippen LogP contribution >= 0.6 is 0 Å². The SMILES string of the molecule is CC(=O)O[C@H]1C(=O)[C@@]2(C)[C@H]([C@H](OC(=O)c3ccccc3)[C@]3(O)C[C@H](OC(=O)[C@H](O)[C@@H](NC(=O)c4ccccc4)c4ccccc4)C(C)=C1C3(C)C)[C@]1(OC(C)=O)CO[C@@H]1C[C@@H]2O.CCCCCCCC/C=C\CCCCCCCC(=O)O. The van der Waals surface area contributed by atoms with E-state index in [2.05, 4.69) is 24.4 Å². The third-order valence-electron chi connectivity index (χ3n) is 17.1. The first-order valence-corrected chi connectivity index (χ1v) is 29.1. The Labute approximate surface area is 482 Å². The van der Waals surface area contributed by atoms with Gasteiger partial charge in [-0.05, 0) is 86.9 Å². The molecule has 2 bridgehead atoms. The number of nitrogens with one attached hydrogen (secondary N) is 1. The second kappa shape index (κ2) is 29.1. The zero-order chi connectivity index (χ0) is 59.8. The molecular weight excluding hydrogens is 1050 g/mol. The van der Waals surface area contributed by atoms with Crippen LogP contribution in [0.2, 0.25) is 0 Å². The van der Waals surface area contributed by atoms with Crippen LogP contribution in [0.1, 0.15) is 184 Å². The van der Waals surface area contributed by atoms with Gasteiger partial charge in [0.05, 0.1) is 35.6 Å². The van der Waals surface area contributed by atoms with Crippen molar-refractivity contribution < 1.29 is 77.7 Å². The monoisotopic (exact) mass is 1140 g/mol. The number of rotatable bonds is 25. The van der Waals surface area contributed by atoms with Gasteiger partial charge in [-0.25, -0.2) is 9.59 Å². The van der Waals surface area contributed by atoms with Crippen molar-refractivity contribution in [2.24, 2.45) is 16.7 Å². The minimum absolute atomic E-state index is 0.00289. The predicted octanol–water partition coefficient (Wildman–Crippen LogP) is 9.84. The number of unbranched alkanes of at least 4 members (excludes halogenated alkanes) is 11. The third-order valence-corrected chi connectivity index (χ3v) is 17.1. The Kier molecular flexibility index (Phi) is 23.0. The number of aliphatic carboxylic acids is 1. The molecule has 11 atom stereocenters. The van der Waals surface area contributed by atoms with Gasteiger partial charge in [-0.2, -0.15) is 0 Å². The van der Waals surface area contributed by atoms with E-state index in [4.69, 9.17) is 28.8 Å². The van der Waals surface area contributed by atoms with Crippen LogP contribution in [-0.2, 0) is 47.7 Å². The van der Waals surface area contributed by atoms with E-state index in [1.165, 1.54) is 96.6 Å². The van der Waals surface area contributed by atoms with Gasteiger partial charge in [0.1, 0.15) is 23.9 Å². The van der Waals surface area contributed by atoms with Crippen molar-refractivity contribution >= 4 is 41.5 Å². The standard InChI is InChI=1S/C47H51NO14.C18H34O2/c1-25-31(60-43(56)36(52)35(28-16-10-7-11-17-28)48-41(54)29-18-12-8-13-19-29)23-47(57)40(61-42(55)30-20-14-9-15-21-30)38-45(6,32(51)22-33-46(38,24-58-33)62-27(3)50)39(53)37(59-26(2)49)34(25)44(47,4)5;1-2-3-4-5-6-7-8-9-10-11-12-13-14-15-16-17-18(19)20/h7-21,31-33,35-38,40,51-52,57H,22-24H2,1-6H3,(H,48,54);9-10H,2-8,11-17H2,1H3,(H,19,20)/b;10-9-/t31-,32-,33+,35-,36+,37+,38-,40-,45+,46-,47+;/m0./s1. The second-order valence-electron chi connectivity index (χ2n) is 23.1. The molecule has 1 aliphatic heterocycles. The maximum absolute atomic E-state index is 15.5. The van der Waals surface area contributed by atoms with Crippen LogP contribution in [0.25, 0.3) is 0 Å². The Morgan fingerprint density at radius 3 is 1.83 bits per heavy atom. The number of carboxylic acids is 1. The molecule has 2 saturated carbocycles. The largest absolute Gasteiger partial charge is 0.481 e. The first-order chi connectivity index (χ1) is 39.0. The number of carbonyl (C=O) groups is 7. The van der Waals surface area contributed by atoms with Crippen molar-refractivity contribution in [1.82, 2.24) is 5.32 Å². The molecule has 0 spiro atoms. The number of amides is 1. The summed E-state index contributed by atoms with van der Waals surface area (Å²) in [5, 5.41) is 48.7. The number of carbonyl (C=O) groups excluding carboxylic acids is 6. The predicted molar refractivity (Wildman–Crippen MR) is 305 cm³/mol. The first kappa shape index (κ1) is 64.6. The van der Waals surface area contributed by atoms with E-state index in [0.717, 1.165) is 26.7 Å². The molecule has 3 aliphatic carbocycles. The first-order valence-electron chi connectivity index (χ1n) is 29.1. The molecule has 5 N–H and O–H groups in total. The van der Waals surface area contributed by atoms with Crippen molar-refractivity contribution in [3.63, 3.8) is 0 Å². The molecule has 82 heavy (non-hydrogen) atoms. The van der Waals surface area contributed by atoms with Crippen LogP contribution in [0.3, 0.4) is 0 Å². The molecule has 0 unspecified atom stereocenters. The summed E-state index contributed by atoms with van der Waals surface area (Å²) < 4.78 is 30.3. The van der Waals surface area contributed by atoms with Crippen LogP contribution in [0, 0.1) is 16.7 Å². The fourth-order valence-electron chi connectivity index (χ4n) is 12.5. The highest BCUT2D eigenvalue weighted by Crippen LogP contribution is 2.64. The minimum Gasteiger partial charge on any atom is -0.481 e. The van der Waals surface area contributed by atoms with Crippen LogP contribution in [0.15, 0.2) is 114 Å². The summed E-state index contributed by atoms with van der Waals surface area (Å²) in [6.07, 6.45) is 10.7. The van der Waals surface area contributed by atoms with Gasteiger partial charge in [0.2, 0.25) is 0 Å². The lowest BCUT2D eigenvalue weighted by atomic mass is 9.44. The molecule has 3 fully saturated rings. The van der Waals surface area contributed by atoms with Crippen molar-refractivity contribution in [2.45, 2.75) is 205 Å². The second-order valence-corrected chi connectivity index (χ2v) is 23.1. The van der Waals surface area contributed by atoms with E-state index < -0.39 is 119 Å². The van der Waals surface area contributed by atoms with Crippen molar-refractivity contribution in [3.05, 3.63) is 131 Å². The van der Waals surface area contributed by atoms with E-state index >= 15 is 4.79 Å². The topological polar surface area (TPSA) is 259 Å². The van der Waals surface area contributed by atoms with E-state index in [1.807, 2.05) is 0 Å². The number of carboxylic acid groups (broad SMARTS) is 1. The number of hydrogen-bond acceptors (Lipinski definition) is 15. The lowest BCUT2D eigenvalue weighted by Gasteiger charge is -2.67. The van der Waals surface area contributed by atoms with Gasteiger partial charge in [0.25, 0.3) is 5.91 Å². The van der Waals surface area contributed by atoms with Gasteiger partial charge >= 0.3 is 29.8 Å². The number of benzene rings is 3. The normalized spacial score (nSPS) is 26.8. The Morgan fingerprint density at radius 1 is 0.744 bits per heavy atom. The molecule has 1 amide bonds. The van der Waals surface area contributed by atoms with Crippen LogP contribution in [0.4, 0.5) is 0 Å². The number of Topliss-reactive ketones (excluding diaryl/α,β-unsaturated/α-hetero) is 1. The van der Waals surface area contributed by atoms with Crippen LogP contribution in [-0.4, -0.2) is 116 Å². The average molecular weight is 1140 g/mol. The number of ketones is 1.